The molecule has 1 aliphatic rings. The lowest BCUT2D eigenvalue weighted by molar-refractivity contribution is 0.0964. The second-order valence-corrected chi connectivity index (χ2v) is 3.17. The van der Waals surface area contributed by atoms with Gasteiger partial charge in [-0.1, -0.05) is 12.1 Å². The zero-order valence-corrected chi connectivity index (χ0v) is 7.73. The quantitative estimate of drug-likeness (QED) is 0.503. The molecule has 1 aliphatic heterocycles. The van der Waals surface area contributed by atoms with Crippen LogP contribution in [-0.2, 0) is 0 Å². The Balaban J connectivity index is 2.54. The van der Waals surface area contributed by atoms with Gasteiger partial charge in [-0.3, -0.25) is 4.79 Å². The van der Waals surface area contributed by atoms with Gasteiger partial charge >= 0.3 is 0 Å². The Morgan fingerprint density at radius 2 is 2.14 bits per heavy atom. The van der Waals surface area contributed by atoms with E-state index in [2.05, 4.69) is 0 Å². The standard InChI is InChI=1S/C11H10O3/c1-7-9(6-12)11(13)8-4-2-3-5-10(8)14-7/h2-7,12H,1H3/b9-6-. The van der Waals surface area contributed by atoms with Gasteiger partial charge in [0.2, 0.25) is 0 Å². The third-order valence-electron chi connectivity index (χ3n) is 2.27. The predicted molar refractivity (Wildman–Crippen MR) is 51.6 cm³/mol. The number of aliphatic hydroxyl groups is 1. The average Bonchev–Trinajstić information content (AvgIpc) is 2.18. The van der Waals surface area contributed by atoms with Crippen molar-refractivity contribution < 1.29 is 14.6 Å². The van der Waals surface area contributed by atoms with Gasteiger partial charge in [0.1, 0.15) is 11.9 Å². The highest BCUT2D eigenvalue weighted by Crippen LogP contribution is 2.29. The molecule has 3 nitrogen and oxygen atoms in total. The number of ether oxygens (including phenoxy) is 1. The Kier molecular flexibility index (Phi) is 2.00. The van der Waals surface area contributed by atoms with E-state index in [1.165, 1.54) is 0 Å². The molecule has 1 aromatic rings. The third-order valence-corrected chi connectivity index (χ3v) is 2.27. The summed E-state index contributed by atoms with van der Waals surface area (Å²) in [5.41, 5.74) is 0.801. The van der Waals surface area contributed by atoms with E-state index in [4.69, 9.17) is 9.84 Å². The molecule has 0 amide bonds. The number of Topliss-reactive ketones (excluding diaryl/α,β-unsaturated/α-hetero) is 1. The van der Waals surface area contributed by atoms with Crippen LogP contribution in [0, 0.1) is 0 Å². The minimum atomic E-state index is -0.387. The first-order chi connectivity index (χ1) is 6.74. The second-order valence-electron chi connectivity index (χ2n) is 3.17. The van der Waals surface area contributed by atoms with Gasteiger partial charge in [-0.15, -0.1) is 0 Å². The van der Waals surface area contributed by atoms with Gasteiger partial charge in [0.25, 0.3) is 0 Å². The van der Waals surface area contributed by atoms with E-state index in [0.717, 1.165) is 6.26 Å². The van der Waals surface area contributed by atoms with E-state index in [-0.39, 0.29) is 11.9 Å². The summed E-state index contributed by atoms with van der Waals surface area (Å²) in [6, 6.07) is 7.02. The maximum absolute atomic E-state index is 11.7. The Morgan fingerprint density at radius 3 is 2.86 bits per heavy atom. The molecule has 1 atom stereocenters. The SMILES string of the molecule is CC1Oc2ccccc2C(=O)/C1=C\O. The summed E-state index contributed by atoms with van der Waals surface area (Å²) in [7, 11) is 0. The van der Waals surface area contributed by atoms with Gasteiger partial charge in [0.15, 0.2) is 5.78 Å². The maximum Gasteiger partial charge on any atom is 0.199 e. The molecule has 14 heavy (non-hydrogen) atoms. The monoisotopic (exact) mass is 190 g/mol. The number of para-hydroxylation sites is 1. The lowest BCUT2D eigenvalue weighted by atomic mass is 9.97. The zero-order valence-electron chi connectivity index (χ0n) is 7.73. The first-order valence-corrected chi connectivity index (χ1v) is 4.38. The fourth-order valence-corrected chi connectivity index (χ4v) is 1.51. The van der Waals surface area contributed by atoms with Crippen molar-refractivity contribution in [2.45, 2.75) is 13.0 Å². The molecule has 1 aromatic carbocycles. The van der Waals surface area contributed by atoms with E-state index >= 15 is 0 Å². The first-order valence-electron chi connectivity index (χ1n) is 4.38. The fraction of sp³-hybridized carbons (Fsp3) is 0.182. The Morgan fingerprint density at radius 1 is 1.43 bits per heavy atom. The van der Waals surface area contributed by atoms with E-state index < -0.39 is 0 Å². The number of hydrogen-bond acceptors (Lipinski definition) is 3. The Labute approximate surface area is 81.6 Å². The molecule has 0 saturated carbocycles. The summed E-state index contributed by atoms with van der Waals surface area (Å²) in [6.45, 7) is 1.73. The predicted octanol–water partition coefficient (Wildman–Crippen LogP) is 2.09. The van der Waals surface area contributed by atoms with Gasteiger partial charge in [-0.05, 0) is 19.1 Å². The van der Waals surface area contributed by atoms with Crippen LogP contribution in [0.15, 0.2) is 36.1 Å². The summed E-state index contributed by atoms with van der Waals surface area (Å²) in [5, 5.41) is 8.89. The molecule has 0 spiro atoms. The van der Waals surface area contributed by atoms with Crippen molar-refractivity contribution in [1.29, 1.82) is 0 Å². The number of aliphatic hydroxyl groups excluding tert-OH is 1. The first kappa shape index (κ1) is 8.81. The van der Waals surface area contributed by atoms with E-state index in [9.17, 15) is 4.79 Å². The van der Waals surface area contributed by atoms with Crippen molar-refractivity contribution in [3.8, 4) is 5.75 Å². The van der Waals surface area contributed by atoms with Crippen LogP contribution >= 0.6 is 0 Å². The molecule has 3 heteroatoms. The number of fused-ring (bicyclic) bond motifs is 1. The Bertz CT molecular complexity index is 407. The van der Waals surface area contributed by atoms with Gasteiger partial charge in [-0.25, -0.2) is 0 Å². The van der Waals surface area contributed by atoms with E-state index in [1.54, 1.807) is 25.1 Å². The van der Waals surface area contributed by atoms with Crippen molar-refractivity contribution in [3.63, 3.8) is 0 Å². The summed E-state index contributed by atoms with van der Waals surface area (Å²) in [5.74, 6) is 0.414. The summed E-state index contributed by atoms with van der Waals surface area (Å²) >= 11 is 0. The van der Waals surface area contributed by atoms with Crippen LogP contribution in [-0.4, -0.2) is 17.0 Å². The van der Waals surface area contributed by atoms with Crippen molar-refractivity contribution in [2.24, 2.45) is 0 Å². The molecule has 0 aliphatic carbocycles. The minimum absolute atomic E-state index is 0.165. The van der Waals surface area contributed by atoms with Crippen LogP contribution in [0.25, 0.3) is 0 Å². The topological polar surface area (TPSA) is 46.5 Å². The van der Waals surface area contributed by atoms with Gasteiger partial charge in [0.05, 0.1) is 17.4 Å². The number of ketones is 1. The third kappa shape index (κ3) is 1.18. The maximum atomic E-state index is 11.7. The lowest BCUT2D eigenvalue weighted by Crippen LogP contribution is -2.27. The molecule has 0 fully saturated rings. The number of hydrogen-bond donors (Lipinski definition) is 1. The van der Waals surface area contributed by atoms with Crippen molar-refractivity contribution >= 4 is 5.78 Å². The fourth-order valence-electron chi connectivity index (χ4n) is 1.51. The largest absolute Gasteiger partial charge is 0.515 e. The van der Waals surface area contributed by atoms with Gasteiger partial charge in [-0.2, -0.15) is 0 Å². The highest BCUT2D eigenvalue weighted by Gasteiger charge is 2.28. The molecule has 0 radical (unpaired) electrons. The van der Waals surface area contributed by atoms with E-state index in [1.807, 2.05) is 6.07 Å². The van der Waals surface area contributed by atoms with Crippen LogP contribution in [0.3, 0.4) is 0 Å². The number of rotatable bonds is 0. The molecule has 0 aromatic heterocycles. The van der Waals surface area contributed by atoms with Crippen LogP contribution in [0.2, 0.25) is 0 Å². The van der Waals surface area contributed by atoms with Crippen molar-refractivity contribution in [3.05, 3.63) is 41.7 Å². The molecule has 1 heterocycles. The minimum Gasteiger partial charge on any atom is -0.515 e. The lowest BCUT2D eigenvalue weighted by Gasteiger charge is -2.23. The smallest absolute Gasteiger partial charge is 0.199 e. The molecule has 72 valence electrons. The van der Waals surface area contributed by atoms with Crippen LogP contribution < -0.4 is 4.74 Å². The van der Waals surface area contributed by atoms with Crippen molar-refractivity contribution in [2.75, 3.05) is 0 Å². The summed E-state index contributed by atoms with van der Waals surface area (Å²) in [6.07, 6.45) is 0.436. The highest BCUT2D eigenvalue weighted by atomic mass is 16.5. The normalized spacial score (nSPS) is 23.1. The van der Waals surface area contributed by atoms with Crippen molar-refractivity contribution in [1.82, 2.24) is 0 Å². The summed E-state index contributed by atoms with van der Waals surface area (Å²) in [4.78, 5) is 11.7. The number of carbonyl (C=O) groups excluding carboxylic acids is 1. The molecule has 2 rings (SSSR count). The zero-order chi connectivity index (χ0) is 10.1. The number of carbonyl (C=O) groups is 1. The highest BCUT2D eigenvalue weighted by molar-refractivity contribution is 6.11. The molecule has 0 saturated heterocycles. The molecule has 1 unspecified atom stereocenters. The molecule has 0 bridgehead atoms. The average molecular weight is 190 g/mol. The number of benzene rings is 1. The summed E-state index contributed by atoms with van der Waals surface area (Å²) < 4.78 is 5.46. The van der Waals surface area contributed by atoms with Gasteiger partial charge in [0, 0.05) is 0 Å². The Hall–Kier alpha value is -1.77. The molecular weight excluding hydrogens is 180 g/mol. The van der Waals surface area contributed by atoms with E-state index in [0.29, 0.717) is 16.9 Å². The van der Waals surface area contributed by atoms with Crippen LogP contribution in [0.1, 0.15) is 17.3 Å². The van der Waals surface area contributed by atoms with Crippen LogP contribution in [0.5, 0.6) is 5.75 Å². The van der Waals surface area contributed by atoms with Crippen LogP contribution in [0.4, 0.5) is 0 Å². The molecular formula is C11H10O3. The van der Waals surface area contributed by atoms with Gasteiger partial charge < -0.3 is 9.84 Å². The molecule has 1 N–H and O–H groups in total. The second kappa shape index (κ2) is 3.18.